The van der Waals surface area contributed by atoms with Gasteiger partial charge < -0.3 is 5.73 Å². The van der Waals surface area contributed by atoms with E-state index in [2.05, 4.69) is 15.2 Å². The molecule has 0 saturated carbocycles. The number of halogens is 1. The first kappa shape index (κ1) is 24.4. The van der Waals surface area contributed by atoms with Gasteiger partial charge in [-0.2, -0.15) is 0 Å². The van der Waals surface area contributed by atoms with Crippen LogP contribution >= 0.6 is 11.8 Å². The van der Waals surface area contributed by atoms with Crippen LogP contribution in [0.1, 0.15) is 42.5 Å². The van der Waals surface area contributed by atoms with Crippen LogP contribution in [0.25, 0.3) is 5.69 Å². The summed E-state index contributed by atoms with van der Waals surface area (Å²) in [6.45, 7) is 4.07. The molecule has 2 heterocycles. The number of nitrogens with two attached hydrogens (primary N) is 1. The Kier molecular flexibility index (Phi) is 7.49. The zero-order valence-corrected chi connectivity index (χ0v) is 19.6. The van der Waals surface area contributed by atoms with Gasteiger partial charge in [-0.15, -0.1) is 10.2 Å². The third kappa shape index (κ3) is 5.06. The lowest BCUT2D eigenvalue weighted by Crippen LogP contribution is -2.36. The van der Waals surface area contributed by atoms with Crippen LogP contribution in [0.4, 0.5) is 10.2 Å². The van der Waals surface area contributed by atoms with Crippen molar-refractivity contribution >= 4 is 23.4 Å². The number of H-pyrrole nitrogens is 1. The molecule has 3 aromatic rings. The van der Waals surface area contributed by atoms with Crippen molar-refractivity contribution in [1.29, 1.82) is 0 Å². The molecule has 0 bridgehead atoms. The number of Topliss-reactive ketones (excluding diaryl/α,β-unsaturated/α-hetero) is 1. The van der Waals surface area contributed by atoms with Crippen LogP contribution in [0.2, 0.25) is 0 Å². The van der Waals surface area contributed by atoms with Crippen LogP contribution in [-0.4, -0.2) is 54.8 Å². The van der Waals surface area contributed by atoms with Gasteiger partial charge in [0.15, 0.2) is 16.8 Å². The molecule has 0 saturated heterocycles. The van der Waals surface area contributed by atoms with E-state index in [1.807, 2.05) is 32.8 Å². The first-order valence-electron chi connectivity index (χ1n) is 10.3. The average Bonchev–Trinajstić information content (AvgIpc) is 3.18. The molecule has 0 spiro atoms. The van der Waals surface area contributed by atoms with Crippen LogP contribution in [0, 0.1) is 5.82 Å². The highest BCUT2D eigenvalue weighted by molar-refractivity contribution is 7.99. The normalized spacial score (nSPS) is 12.3. The predicted octanol–water partition coefficient (Wildman–Crippen LogP) is 1.85. The van der Waals surface area contributed by atoms with E-state index in [0.717, 1.165) is 11.8 Å². The maximum Gasteiger partial charge on any atom is 0.329 e. The Bertz CT molecular complexity index is 1260. The van der Waals surface area contributed by atoms with Gasteiger partial charge in [-0.3, -0.25) is 28.6 Å². The number of aromatic amines is 1. The zero-order valence-electron chi connectivity index (χ0n) is 18.8. The van der Waals surface area contributed by atoms with Gasteiger partial charge in [-0.05, 0) is 51.7 Å². The van der Waals surface area contributed by atoms with Crippen molar-refractivity contribution in [1.82, 2.24) is 29.2 Å². The molecule has 3 N–H and O–H groups in total. The zero-order chi connectivity index (χ0) is 24.3. The van der Waals surface area contributed by atoms with Gasteiger partial charge in [0.05, 0.1) is 11.8 Å². The third-order valence-corrected chi connectivity index (χ3v) is 6.12. The molecule has 3 rings (SSSR count). The van der Waals surface area contributed by atoms with E-state index >= 15 is 0 Å². The Balaban J connectivity index is 1.96. The highest BCUT2D eigenvalue weighted by atomic mass is 32.2. The van der Waals surface area contributed by atoms with Crippen LogP contribution in [0.15, 0.2) is 39.0 Å². The smallest absolute Gasteiger partial charge is 0.329 e. The van der Waals surface area contributed by atoms with Crippen molar-refractivity contribution in [3.05, 3.63) is 62.3 Å². The number of anilines is 1. The molecule has 0 aliphatic heterocycles. The summed E-state index contributed by atoms with van der Waals surface area (Å²) in [5, 5.41) is 8.90. The summed E-state index contributed by atoms with van der Waals surface area (Å²) in [5.74, 6) is -0.629. The third-order valence-electron chi connectivity index (χ3n) is 5.19. The van der Waals surface area contributed by atoms with E-state index < -0.39 is 17.0 Å². The largest absolute Gasteiger partial charge is 0.384 e. The Morgan fingerprint density at radius 2 is 1.91 bits per heavy atom. The van der Waals surface area contributed by atoms with Gasteiger partial charge in [0.25, 0.3) is 5.56 Å². The molecular formula is C21H26FN7O3S. The van der Waals surface area contributed by atoms with Crippen molar-refractivity contribution in [3.8, 4) is 5.69 Å². The van der Waals surface area contributed by atoms with Gasteiger partial charge in [0.1, 0.15) is 17.2 Å². The maximum absolute atomic E-state index is 13.5. The second-order valence-corrected chi connectivity index (χ2v) is 8.62. The second-order valence-electron chi connectivity index (χ2n) is 7.68. The first-order valence-corrected chi connectivity index (χ1v) is 11.3. The molecule has 1 atom stereocenters. The summed E-state index contributed by atoms with van der Waals surface area (Å²) < 4.78 is 16.4. The summed E-state index contributed by atoms with van der Waals surface area (Å²) in [7, 11) is 3.79. The number of hydrogen-bond donors (Lipinski definition) is 2. The number of thioether (sulfide) groups is 1. The SMILES string of the molecule is CCCn1c(N)c(C(=O)CSc2nnc(C(C)N(C)C)n2-c2ccc(F)cc2)c(=O)[nH]c1=O. The molecule has 12 heteroatoms. The standard InChI is InChI=1S/C21H26FN7O3S/c1-5-10-28-17(23)16(19(31)24-20(28)32)15(30)11-33-21-26-25-18(12(2)27(3)4)29(21)14-8-6-13(22)7-9-14/h6-9,12H,5,10-11,23H2,1-4H3,(H,24,31,32). The average molecular weight is 476 g/mol. The highest BCUT2D eigenvalue weighted by Crippen LogP contribution is 2.27. The molecule has 0 radical (unpaired) electrons. The lowest BCUT2D eigenvalue weighted by atomic mass is 10.2. The number of rotatable bonds is 9. The number of hydrogen-bond acceptors (Lipinski definition) is 8. The number of benzene rings is 1. The minimum atomic E-state index is -0.822. The number of ketones is 1. The Morgan fingerprint density at radius 1 is 1.24 bits per heavy atom. The topological polar surface area (TPSA) is 132 Å². The predicted molar refractivity (Wildman–Crippen MR) is 124 cm³/mol. The maximum atomic E-state index is 13.5. The van der Waals surface area contributed by atoms with E-state index in [1.165, 1.54) is 16.7 Å². The highest BCUT2D eigenvalue weighted by Gasteiger charge is 2.24. The van der Waals surface area contributed by atoms with Gasteiger partial charge in [0, 0.05) is 12.2 Å². The first-order chi connectivity index (χ1) is 15.6. The van der Waals surface area contributed by atoms with E-state index in [9.17, 15) is 18.8 Å². The quantitative estimate of drug-likeness (QED) is 0.354. The van der Waals surface area contributed by atoms with Crippen molar-refractivity contribution < 1.29 is 9.18 Å². The van der Waals surface area contributed by atoms with E-state index in [4.69, 9.17) is 5.73 Å². The number of nitrogens with one attached hydrogen (secondary N) is 1. The van der Waals surface area contributed by atoms with Crippen molar-refractivity contribution in [2.24, 2.45) is 0 Å². The molecule has 0 aliphatic carbocycles. The number of nitrogens with zero attached hydrogens (tertiary/aromatic N) is 5. The molecule has 176 valence electrons. The molecule has 0 aliphatic rings. The minimum absolute atomic E-state index is 0.122. The van der Waals surface area contributed by atoms with Crippen LogP contribution < -0.4 is 17.0 Å². The van der Waals surface area contributed by atoms with Crippen LogP contribution in [0.3, 0.4) is 0 Å². The molecule has 0 amide bonds. The van der Waals surface area contributed by atoms with Crippen molar-refractivity contribution in [2.75, 3.05) is 25.6 Å². The number of carbonyl (C=O) groups excluding carboxylic acids is 1. The summed E-state index contributed by atoms with van der Waals surface area (Å²) in [4.78, 5) is 41.3. The summed E-state index contributed by atoms with van der Waals surface area (Å²) in [6.07, 6.45) is 0.603. The van der Waals surface area contributed by atoms with Crippen molar-refractivity contribution in [2.45, 2.75) is 38.0 Å². The van der Waals surface area contributed by atoms with E-state index in [1.54, 1.807) is 16.7 Å². The number of aromatic nitrogens is 5. The minimum Gasteiger partial charge on any atom is -0.384 e. The molecule has 1 aromatic carbocycles. The molecule has 1 unspecified atom stereocenters. The Morgan fingerprint density at radius 3 is 2.52 bits per heavy atom. The number of nitrogen functional groups attached to an aromatic ring is 1. The monoisotopic (exact) mass is 475 g/mol. The lowest BCUT2D eigenvalue weighted by molar-refractivity contribution is 0.102. The van der Waals surface area contributed by atoms with Gasteiger partial charge in [-0.25, -0.2) is 9.18 Å². The summed E-state index contributed by atoms with van der Waals surface area (Å²) in [6, 6.07) is 5.73. The van der Waals surface area contributed by atoms with Gasteiger partial charge in [-0.1, -0.05) is 18.7 Å². The summed E-state index contributed by atoms with van der Waals surface area (Å²) >= 11 is 1.07. The molecule has 33 heavy (non-hydrogen) atoms. The molecular weight excluding hydrogens is 449 g/mol. The molecule has 0 fully saturated rings. The second kappa shape index (κ2) is 10.1. The van der Waals surface area contributed by atoms with Crippen LogP contribution in [-0.2, 0) is 6.54 Å². The Labute approximate surface area is 193 Å². The van der Waals surface area contributed by atoms with E-state index in [0.29, 0.717) is 23.1 Å². The fraction of sp³-hybridized carbons (Fsp3) is 0.381. The van der Waals surface area contributed by atoms with Gasteiger partial charge in [0.2, 0.25) is 0 Å². The molecule has 10 nitrogen and oxygen atoms in total. The molecule has 2 aromatic heterocycles. The Hall–Kier alpha value is -3.25. The lowest BCUT2D eigenvalue weighted by Gasteiger charge is -2.20. The number of carbonyl (C=O) groups is 1. The summed E-state index contributed by atoms with van der Waals surface area (Å²) in [5.41, 5.74) is 4.89. The fourth-order valence-electron chi connectivity index (χ4n) is 3.21. The fourth-order valence-corrected chi connectivity index (χ4v) is 4.05. The van der Waals surface area contributed by atoms with Gasteiger partial charge >= 0.3 is 5.69 Å². The van der Waals surface area contributed by atoms with Crippen molar-refractivity contribution in [3.63, 3.8) is 0 Å². The van der Waals surface area contributed by atoms with Crippen LogP contribution in [0.5, 0.6) is 0 Å². The van der Waals surface area contributed by atoms with E-state index in [-0.39, 0.29) is 35.5 Å².